The van der Waals surface area contributed by atoms with Gasteiger partial charge in [0.25, 0.3) is 5.91 Å². The summed E-state index contributed by atoms with van der Waals surface area (Å²) in [6.45, 7) is 2.37. The molecule has 0 aliphatic carbocycles. The Hall–Kier alpha value is -3.10. The van der Waals surface area contributed by atoms with Crippen LogP contribution in [0.4, 0.5) is 4.39 Å². The summed E-state index contributed by atoms with van der Waals surface area (Å²) in [5.74, 6) is -0.501. The lowest BCUT2D eigenvalue weighted by Crippen LogP contribution is -2.35. The van der Waals surface area contributed by atoms with E-state index in [2.05, 4.69) is 20.5 Å². The van der Waals surface area contributed by atoms with Crippen molar-refractivity contribution in [2.75, 3.05) is 7.05 Å². The highest BCUT2D eigenvalue weighted by atomic mass is 19.1. The minimum atomic E-state index is -0.794. The second kappa shape index (κ2) is 9.58. The van der Waals surface area contributed by atoms with Crippen LogP contribution in [-0.4, -0.2) is 50.2 Å². The molecule has 1 aromatic carbocycles. The number of aromatic nitrogens is 3. The third-order valence-electron chi connectivity index (χ3n) is 5.91. The summed E-state index contributed by atoms with van der Waals surface area (Å²) in [5, 5.41) is 21.1. The number of carbonyl (C=O) groups is 1. The number of nitrogens with one attached hydrogen (secondary N) is 2. The lowest BCUT2D eigenvalue weighted by Gasteiger charge is -2.20. The molecule has 0 spiro atoms. The van der Waals surface area contributed by atoms with E-state index in [1.807, 2.05) is 37.3 Å². The number of aryl methyl sites for hydroxylation is 1. The number of hydrogen-bond acceptors (Lipinski definition) is 5. The number of aromatic amines is 1. The fourth-order valence-corrected chi connectivity index (χ4v) is 4.24. The van der Waals surface area contributed by atoms with E-state index in [-0.39, 0.29) is 18.0 Å². The molecule has 3 heterocycles. The van der Waals surface area contributed by atoms with Gasteiger partial charge in [-0.3, -0.25) is 14.9 Å². The normalized spacial score (nSPS) is 19.1. The third kappa shape index (κ3) is 5.20. The molecular weight excluding hydrogens is 409 g/mol. The fraction of sp³-hybridized carbons (Fsp3) is 0.375. The van der Waals surface area contributed by atoms with Crippen LogP contribution in [0.3, 0.4) is 0 Å². The molecule has 0 bridgehead atoms. The molecule has 8 heteroatoms. The van der Waals surface area contributed by atoms with Gasteiger partial charge in [-0.15, -0.1) is 0 Å². The summed E-state index contributed by atoms with van der Waals surface area (Å²) < 4.78 is 13.4. The molecule has 1 aliphatic heterocycles. The number of aliphatic hydroxyl groups is 1. The van der Waals surface area contributed by atoms with Crippen molar-refractivity contribution in [2.45, 2.75) is 50.9 Å². The first-order valence-electron chi connectivity index (χ1n) is 10.8. The van der Waals surface area contributed by atoms with Crippen molar-refractivity contribution in [1.29, 1.82) is 0 Å². The highest BCUT2D eigenvalue weighted by Gasteiger charge is 2.30. The Kier molecular flexibility index (Phi) is 6.62. The Balaban J connectivity index is 1.31. The summed E-state index contributed by atoms with van der Waals surface area (Å²) in [5.41, 5.74) is 4.03. The molecule has 0 saturated carbocycles. The maximum atomic E-state index is 13.4. The predicted octanol–water partition coefficient (Wildman–Crippen LogP) is 2.92. The van der Waals surface area contributed by atoms with E-state index < -0.39 is 11.9 Å². The van der Waals surface area contributed by atoms with Gasteiger partial charge in [-0.1, -0.05) is 12.1 Å². The average Bonchev–Trinajstić information content (AvgIpc) is 3.42. The number of H-pyrrole nitrogens is 1. The number of carbonyl (C=O) groups excluding carboxylic acids is 1. The zero-order chi connectivity index (χ0) is 22.7. The summed E-state index contributed by atoms with van der Waals surface area (Å²) >= 11 is 0. The Bertz CT molecular complexity index is 1070. The van der Waals surface area contributed by atoms with Gasteiger partial charge >= 0.3 is 0 Å². The van der Waals surface area contributed by atoms with Crippen LogP contribution in [-0.2, 0) is 13.0 Å². The number of amides is 1. The van der Waals surface area contributed by atoms with Gasteiger partial charge in [-0.2, -0.15) is 5.10 Å². The van der Waals surface area contributed by atoms with Crippen LogP contribution in [0.5, 0.6) is 0 Å². The van der Waals surface area contributed by atoms with Gasteiger partial charge in [0.05, 0.1) is 24.5 Å². The molecule has 3 aromatic rings. The number of rotatable bonds is 7. The molecule has 4 rings (SSSR count). The molecule has 1 amide bonds. The van der Waals surface area contributed by atoms with E-state index in [9.17, 15) is 14.3 Å². The first kappa shape index (κ1) is 22.1. The van der Waals surface area contributed by atoms with Crippen LogP contribution < -0.4 is 5.32 Å². The van der Waals surface area contributed by atoms with Gasteiger partial charge in [0.2, 0.25) is 0 Å². The summed E-state index contributed by atoms with van der Waals surface area (Å²) in [6, 6.07) is 11.0. The Labute approximate surface area is 186 Å². The van der Waals surface area contributed by atoms with Crippen molar-refractivity contribution >= 4 is 5.91 Å². The van der Waals surface area contributed by atoms with E-state index in [1.54, 1.807) is 11.9 Å². The van der Waals surface area contributed by atoms with Crippen molar-refractivity contribution in [3.63, 3.8) is 0 Å². The molecule has 0 radical (unpaired) electrons. The Morgan fingerprint density at radius 3 is 2.72 bits per heavy atom. The molecule has 1 aliphatic rings. The summed E-state index contributed by atoms with van der Waals surface area (Å²) in [7, 11) is 1.77. The second-order valence-electron chi connectivity index (χ2n) is 8.53. The molecular formula is C24H28FN5O2. The van der Waals surface area contributed by atoms with Crippen LogP contribution in [0.2, 0.25) is 0 Å². The molecule has 3 N–H and O–H groups in total. The zero-order valence-corrected chi connectivity index (χ0v) is 18.3. The van der Waals surface area contributed by atoms with Crippen molar-refractivity contribution in [3.8, 4) is 0 Å². The topological polar surface area (TPSA) is 94.1 Å². The van der Waals surface area contributed by atoms with Crippen molar-refractivity contribution in [1.82, 2.24) is 25.4 Å². The van der Waals surface area contributed by atoms with Crippen LogP contribution >= 0.6 is 0 Å². The first-order valence-corrected chi connectivity index (χ1v) is 10.8. The number of pyridine rings is 1. The molecule has 1 unspecified atom stereocenters. The molecule has 3 atom stereocenters. The van der Waals surface area contributed by atoms with E-state index >= 15 is 0 Å². The largest absolute Gasteiger partial charge is 0.387 e. The van der Waals surface area contributed by atoms with E-state index in [1.165, 1.54) is 12.3 Å². The molecule has 1 saturated heterocycles. The van der Waals surface area contributed by atoms with Gasteiger partial charge in [0.15, 0.2) is 0 Å². The lowest BCUT2D eigenvalue weighted by molar-refractivity contribution is 0.0783. The maximum absolute atomic E-state index is 13.4. The molecule has 2 aromatic heterocycles. The smallest absolute Gasteiger partial charge is 0.253 e. The average molecular weight is 438 g/mol. The van der Waals surface area contributed by atoms with Crippen molar-refractivity contribution < 1.29 is 14.3 Å². The quantitative estimate of drug-likeness (QED) is 0.528. The summed E-state index contributed by atoms with van der Waals surface area (Å²) in [4.78, 5) is 18.2. The number of nitrogens with zero attached hydrogens (tertiary/aromatic N) is 3. The molecule has 32 heavy (non-hydrogen) atoms. The molecule has 1 fully saturated rings. The van der Waals surface area contributed by atoms with Crippen LogP contribution in [0.25, 0.3) is 0 Å². The standard InChI is InChI=1S/C24H28FN5O2/c1-15-9-21(29-28-15)14-30(2)24(32)17-5-3-16(4-6-17)10-20-7-8-22(27-20)23(31)18-11-19(25)13-26-12-18/h3-6,9,11-13,20,22-23,27,31H,7-8,10,14H2,1-2H3,(H,28,29)/t20-,22+,23?/m0/s1. The second-order valence-corrected chi connectivity index (χ2v) is 8.53. The maximum Gasteiger partial charge on any atom is 0.253 e. The van der Waals surface area contributed by atoms with Crippen LogP contribution in [0.1, 0.15) is 51.8 Å². The first-order chi connectivity index (χ1) is 15.4. The van der Waals surface area contributed by atoms with Crippen molar-refractivity contribution in [2.24, 2.45) is 0 Å². The van der Waals surface area contributed by atoms with Gasteiger partial charge in [-0.05, 0) is 56.0 Å². The minimum Gasteiger partial charge on any atom is -0.387 e. The minimum absolute atomic E-state index is 0.0527. The number of aliphatic hydroxyl groups excluding tert-OH is 1. The van der Waals surface area contributed by atoms with Gasteiger partial charge in [-0.25, -0.2) is 4.39 Å². The van der Waals surface area contributed by atoms with Gasteiger partial charge in [0, 0.05) is 42.1 Å². The summed E-state index contributed by atoms with van der Waals surface area (Å²) in [6.07, 6.45) is 4.35. The SMILES string of the molecule is Cc1cc(CN(C)C(=O)c2ccc(C[C@@H]3CC[C@H](C(O)c4cncc(F)c4)N3)cc2)n[nH]1. The number of benzene rings is 1. The molecule has 7 nitrogen and oxygen atoms in total. The number of halogens is 1. The van der Waals surface area contributed by atoms with Crippen LogP contribution in [0.15, 0.2) is 48.8 Å². The monoisotopic (exact) mass is 437 g/mol. The van der Waals surface area contributed by atoms with Gasteiger partial charge in [0.1, 0.15) is 5.82 Å². The lowest BCUT2D eigenvalue weighted by atomic mass is 10.0. The van der Waals surface area contributed by atoms with E-state index in [0.29, 0.717) is 17.7 Å². The third-order valence-corrected chi connectivity index (χ3v) is 5.91. The fourth-order valence-electron chi connectivity index (χ4n) is 4.24. The Morgan fingerprint density at radius 1 is 1.25 bits per heavy atom. The Morgan fingerprint density at radius 2 is 2.03 bits per heavy atom. The number of hydrogen-bond donors (Lipinski definition) is 3. The van der Waals surface area contributed by atoms with Crippen LogP contribution in [0, 0.1) is 12.7 Å². The van der Waals surface area contributed by atoms with Gasteiger partial charge < -0.3 is 15.3 Å². The van der Waals surface area contributed by atoms with E-state index in [0.717, 1.165) is 42.4 Å². The zero-order valence-electron chi connectivity index (χ0n) is 18.3. The highest BCUT2D eigenvalue weighted by Crippen LogP contribution is 2.27. The molecule has 168 valence electrons. The van der Waals surface area contributed by atoms with Crippen molar-refractivity contribution in [3.05, 3.63) is 82.7 Å². The predicted molar refractivity (Wildman–Crippen MR) is 118 cm³/mol. The highest BCUT2D eigenvalue weighted by molar-refractivity contribution is 5.94. The van der Waals surface area contributed by atoms with E-state index in [4.69, 9.17) is 0 Å².